The Labute approximate surface area is 100 Å². The van der Waals surface area contributed by atoms with Gasteiger partial charge in [0.15, 0.2) is 5.78 Å². The number of Topliss-reactive ketones (excluding diaryl/α,β-unsaturated/α-hetero) is 1. The van der Waals surface area contributed by atoms with Crippen LogP contribution < -0.4 is 0 Å². The first-order chi connectivity index (χ1) is 7.15. The maximum Gasteiger partial charge on any atom is 0.194 e. The molecule has 78 valence electrons. The molecule has 0 radical (unpaired) electrons. The van der Waals surface area contributed by atoms with Crippen LogP contribution >= 0.6 is 34.5 Å². The lowest BCUT2D eigenvalue weighted by atomic mass is 10.3. The van der Waals surface area contributed by atoms with Crippen molar-refractivity contribution in [2.24, 2.45) is 0 Å². The molecule has 15 heavy (non-hydrogen) atoms. The molecule has 0 saturated heterocycles. The van der Waals surface area contributed by atoms with Crippen LogP contribution in [0.3, 0.4) is 0 Å². The van der Waals surface area contributed by atoms with Gasteiger partial charge in [0.2, 0.25) is 0 Å². The van der Waals surface area contributed by atoms with E-state index in [1.807, 2.05) is 0 Å². The average Bonchev–Trinajstić information content (AvgIpc) is 2.75. The third-order valence-electron chi connectivity index (χ3n) is 1.76. The third kappa shape index (κ3) is 2.59. The van der Waals surface area contributed by atoms with Crippen LogP contribution in [0.15, 0.2) is 24.5 Å². The largest absolute Gasteiger partial charge is 0.291 e. The summed E-state index contributed by atoms with van der Waals surface area (Å²) in [5.41, 5.74) is 0. The van der Waals surface area contributed by atoms with Crippen molar-refractivity contribution in [1.82, 2.24) is 9.78 Å². The molecule has 2 rings (SSSR count). The van der Waals surface area contributed by atoms with Crippen LogP contribution in [-0.2, 0) is 6.54 Å². The van der Waals surface area contributed by atoms with Gasteiger partial charge in [-0.2, -0.15) is 5.10 Å². The summed E-state index contributed by atoms with van der Waals surface area (Å²) in [5, 5.41) is 4.44. The number of halogens is 2. The molecule has 2 aromatic heterocycles. The number of ketones is 1. The van der Waals surface area contributed by atoms with Gasteiger partial charge < -0.3 is 0 Å². The van der Waals surface area contributed by atoms with E-state index in [0.717, 1.165) is 0 Å². The summed E-state index contributed by atoms with van der Waals surface area (Å²) in [6, 6.07) is 3.41. The number of nitrogens with zero attached hydrogens (tertiary/aromatic N) is 2. The summed E-state index contributed by atoms with van der Waals surface area (Å²) in [6.45, 7) is 0.184. The Morgan fingerprint density at radius 1 is 1.47 bits per heavy atom. The zero-order valence-corrected chi connectivity index (χ0v) is 9.81. The molecule has 2 heterocycles. The topological polar surface area (TPSA) is 34.9 Å². The SMILES string of the molecule is O=C(Cn1cc(Cl)cn1)c1ccc(Cl)s1. The predicted octanol–water partition coefficient (Wildman–Crippen LogP) is 3.13. The van der Waals surface area contributed by atoms with Crippen molar-refractivity contribution in [1.29, 1.82) is 0 Å². The van der Waals surface area contributed by atoms with Gasteiger partial charge in [-0.3, -0.25) is 9.48 Å². The fourth-order valence-corrected chi connectivity index (χ4v) is 2.24. The van der Waals surface area contributed by atoms with Crippen molar-refractivity contribution in [3.05, 3.63) is 38.8 Å². The van der Waals surface area contributed by atoms with Crippen molar-refractivity contribution < 1.29 is 4.79 Å². The Morgan fingerprint density at radius 3 is 2.80 bits per heavy atom. The molecule has 0 aliphatic heterocycles. The van der Waals surface area contributed by atoms with Gasteiger partial charge in [0, 0.05) is 6.20 Å². The van der Waals surface area contributed by atoms with Gasteiger partial charge in [-0.15, -0.1) is 11.3 Å². The fraction of sp³-hybridized carbons (Fsp3) is 0.111. The number of carbonyl (C=O) groups excluding carboxylic acids is 1. The first kappa shape index (κ1) is 10.7. The van der Waals surface area contributed by atoms with E-state index in [9.17, 15) is 4.79 Å². The van der Waals surface area contributed by atoms with Crippen LogP contribution in [0.1, 0.15) is 9.67 Å². The molecule has 6 heteroatoms. The van der Waals surface area contributed by atoms with Crippen molar-refractivity contribution in [3.8, 4) is 0 Å². The number of carbonyl (C=O) groups is 1. The summed E-state index contributed by atoms with van der Waals surface area (Å²) in [7, 11) is 0. The second kappa shape index (κ2) is 4.35. The first-order valence-electron chi connectivity index (χ1n) is 4.11. The van der Waals surface area contributed by atoms with E-state index < -0.39 is 0 Å². The van der Waals surface area contributed by atoms with Gasteiger partial charge in [0.05, 0.1) is 20.4 Å². The zero-order chi connectivity index (χ0) is 10.8. The lowest BCUT2D eigenvalue weighted by Crippen LogP contribution is -2.09. The van der Waals surface area contributed by atoms with Gasteiger partial charge in [0.25, 0.3) is 0 Å². The lowest BCUT2D eigenvalue weighted by molar-refractivity contribution is 0.0971. The molecular weight excluding hydrogens is 255 g/mol. The number of aromatic nitrogens is 2. The van der Waals surface area contributed by atoms with Crippen LogP contribution in [0.2, 0.25) is 9.36 Å². The molecule has 0 atom stereocenters. The minimum Gasteiger partial charge on any atom is -0.291 e. The Kier molecular flexibility index (Phi) is 3.09. The van der Waals surface area contributed by atoms with Gasteiger partial charge >= 0.3 is 0 Å². The predicted molar refractivity (Wildman–Crippen MR) is 60.9 cm³/mol. The normalized spacial score (nSPS) is 10.5. The van der Waals surface area contributed by atoms with Crippen LogP contribution in [0.25, 0.3) is 0 Å². The number of hydrogen-bond acceptors (Lipinski definition) is 3. The fourth-order valence-electron chi connectivity index (χ4n) is 1.11. The zero-order valence-electron chi connectivity index (χ0n) is 7.48. The van der Waals surface area contributed by atoms with Crippen molar-refractivity contribution >= 4 is 40.3 Å². The lowest BCUT2D eigenvalue weighted by Gasteiger charge is -1.97. The summed E-state index contributed by atoms with van der Waals surface area (Å²) < 4.78 is 2.11. The molecule has 0 aliphatic carbocycles. The highest BCUT2D eigenvalue weighted by molar-refractivity contribution is 7.18. The van der Waals surface area contributed by atoms with E-state index in [-0.39, 0.29) is 12.3 Å². The molecule has 2 aromatic rings. The van der Waals surface area contributed by atoms with E-state index in [1.54, 1.807) is 18.3 Å². The summed E-state index contributed by atoms with van der Waals surface area (Å²) in [6.07, 6.45) is 3.10. The minimum atomic E-state index is -0.0216. The summed E-state index contributed by atoms with van der Waals surface area (Å²) in [4.78, 5) is 12.3. The summed E-state index contributed by atoms with van der Waals surface area (Å²) in [5.74, 6) is -0.0216. The Morgan fingerprint density at radius 2 is 2.27 bits per heavy atom. The molecule has 0 fully saturated rings. The first-order valence-corrected chi connectivity index (χ1v) is 5.69. The molecule has 3 nitrogen and oxygen atoms in total. The van der Waals surface area contributed by atoms with Crippen LogP contribution in [0.5, 0.6) is 0 Å². The second-order valence-corrected chi connectivity index (χ2v) is 5.03. The van der Waals surface area contributed by atoms with Crippen molar-refractivity contribution in [2.75, 3.05) is 0 Å². The molecule has 0 spiro atoms. The Balaban J connectivity index is 2.10. The molecule has 0 N–H and O–H groups in total. The molecule has 0 amide bonds. The third-order valence-corrected chi connectivity index (χ3v) is 3.22. The van der Waals surface area contributed by atoms with Gasteiger partial charge in [-0.25, -0.2) is 0 Å². The second-order valence-electron chi connectivity index (χ2n) is 2.88. The molecule has 0 aliphatic rings. The minimum absolute atomic E-state index is 0.0216. The smallest absolute Gasteiger partial charge is 0.194 e. The molecule has 0 aromatic carbocycles. The maximum absolute atomic E-state index is 11.7. The Bertz CT molecular complexity index is 492. The quantitative estimate of drug-likeness (QED) is 0.795. The maximum atomic E-state index is 11.7. The summed E-state index contributed by atoms with van der Waals surface area (Å²) >= 11 is 12.7. The van der Waals surface area contributed by atoms with E-state index in [1.165, 1.54) is 22.2 Å². The molecule has 0 bridgehead atoms. The molecular formula is C9H6Cl2N2OS. The van der Waals surface area contributed by atoms with Crippen LogP contribution in [0.4, 0.5) is 0 Å². The van der Waals surface area contributed by atoms with Crippen molar-refractivity contribution in [2.45, 2.75) is 6.54 Å². The van der Waals surface area contributed by atoms with Crippen LogP contribution in [-0.4, -0.2) is 15.6 Å². The molecule has 0 unspecified atom stereocenters. The standard InChI is InChI=1S/C9H6Cl2N2OS/c10-6-3-12-13(4-6)5-7(14)8-1-2-9(11)15-8/h1-4H,5H2. The molecule has 0 saturated carbocycles. The van der Waals surface area contributed by atoms with E-state index >= 15 is 0 Å². The van der Waals surface area contributed by atoms with Crippen molar-refractivity contribution in [3.63, 3.8) is 0 Å². The Hall–Kier alpha value is -0.840. The van der Waals surface area contributed by atoms with Gasteiger partial charge in [-0.1, -0.05) is 23.2 Å². The highest BCUT2D eigenvalue weighted by Crippen LogP contribution is 2.22. The van der Waals surface area contributed by atoms with E-state index in [4.69, 9.17) is 23.2 Å². The van der Waals surface area contributed by atoms with E-state index in [2.05, 4.69) is 5.10 Å². The van der Waals surface area contributed by atoms with Gasteiger partial charge in [0.1, 0.15) is 6.54 Å². The highest BCUT2D eigenvalue weighted by Gasteiger charge is 2.09. The number of hydrogen-bond donors (Lipinski definition) is 0. The van der Waals surface area contributed by atoms with Gasteiger partial charge in [-0.05, 0) is 12.1 Å². The number of thiophene rings is 1. The number of rotatable bonds is 3. The van der Waals surface area contributed by atoms with Crippen LogP contribution in [0, 0.1) is 0 Å². The van der Waals surface area contributed by atoms with E-state index in [0.29, 0.717) is 14.2 Å². The highest BCUT2D eigenvalue weighted by atomic mass is 35.5. The average molecular weight is 261 g/mol. The monoisotopic (exact) mass is 260 g/mol.